The highest BCUT2D eigenvalue weighted by molar-refractivity contribution is 9.10. The van der Waals surface area contributed by atoms with Crippen LogP contribution >= 0.6 is 27.5 Å². The van der Waals surface area contributed by atoms with Crippen LogP contribution in [0.1, 0.15) is 16.7 Å². The lowest BCUT2D eigenvalue weighted by molar-refractivity contribution is -0.385. The van der Waals surface area contributed by atoms with Gasteiger partial charge < -0.3 is 5.32 Å². The normalized spacial score (nSPS) is 10.5. The molecule has 0 atom stereocenters. The molecule has 21 heavy (non-hydrogen) atoms. The zero-order valence-electron chi connectivity index (χ0n) is 11.6. The number of benzene rings is 2. The molecule has 0 saturated carbocycles. The maximum Gasteiger partial charge on any atom is 0.275 e. The van der Waals surface area contributed by atoms with Crippen molar-refractivity contribution in [2.45, 2.75) is 20.4 Å². The fourth-order valence-corrected chi connectivity index (χ4v) is 2.50. The molecule has 2 aromatic rings. The van der Waals surface area contributed by atoms with Crippen molar-refractivity contribution in [3.8, 4) is 0 Å². The molecule has 0 aliphatic rings. The first-order valence-electron chi connectivity index (χ1n) is 6.32. The molecule has 0 aliphatic heterocycles. The standard InChI is InChI=1S/C15H14BrClN2O2/c1-9-5-13(6-10(2)15(9)16)18-8-11-3-4-12(17)7-14(11)19(20)21/h3-7,18H,8H2,1-2H3. The number of halogens is 2. The third-order valence-corrected chi connectivity index (χ3v) is 4.65. The zero-order chi connectivity index (χ0) is 15.6. The van der Waals surface area contributed by atoms with Gasteiger partial charge in [-0.25, -0.2) is 0 Å². The minimum atomic E-state index is -0.416. The van der Waals surface area contributed by atoms with Crippen LogP contribution in [0.5, 0.6) is 0 Å². The molecular formula is C15H14BrClN2O2. The van der Waals surface area contributed by atoms with Gasteiger partial charge >= 0.3 is 0 Å². The van der Waals surface area contributed by atoms with E-state index in [4.69, 9.17) is 11.6 Å². The highest BCUT2D eigenvalue weighted by Gasteiger charge is 2.14. The van der Waals surface area contributed by atoms with Gasteiger partial charge in [0.05, 0.1) is 4.92 Å². The fraction of sp³-hybridized carbons (Fsp3) is 0.200. The number of hydrogen-bond acceptors (Lipinski definition) is 3. The van der Waals surface area contributed by atoms with Crippen molar-refractivity contribution >= 4 is 38.9 Å². The van der Waals surface area contributed by atoms with Gasteiger partial charge in [-0.15, -0.1) is 0 Å². The molecular weight excluding hydrogens is 356 g/mol. The molecule has 0 saturated heterocycles. The van der Waals surface area contributed by atoms with Crippen LogP contribution in [0.2, 0.25) is 5.02 Å². The lowest BCUT2D eigenvalue weighted by Gasteiger charge is -2.11. The smallest absolute Gasteiger partial charge is 0.275 e. The highest BCUT2D eigenvalue weighted by atomic mass is 79.9. The number of hydrogen-bond donors (Lipinski definition) is 1. The third kappa shape index (κ3) is 3.74. The molecule has 0 unspecified atom stereocenters. The first-order valence-corrected chi connectivity index (χ1v) is 7.49. The van der Waals surface area contributed by atoms with Crippen LogP contribution < -0.4 is 5.32 Å². The van der Waals surface area contributed by atoms with Crippen LogP contribution in [0.25, 0.3) is 0 Å². The molecule has 0 bridgehead atoms. The van der Waals surface area contributed by atoms with Gasteiger partial charge in [-0.2, -0.15) is 0 Å². The van der Waals surface area contributed by atoms with Crippen LogP contribution in [0.15, 0.2) is 34.8 Å². The van der Waals surface area contributed by atoms with Crippen molar-refractivity contribution in [3.63, 3.8) is 0 Å². The Labute approximate surface area is 136 Å². The topological polar surface area (TPSA) is 55.2 Å². The molecule has 0 heterocycles. The van der Waals surface area contributed by atoms with Crippen molar-refractivity contribution in [3.05, 3.63) is 66.6 Å². The molecule has 0 spiro atoms. The van der Waals surface area contributed by atoms with E-state index in [1.165, 1.54) is 6.07 Å². The van der Waals surface area contributed by atoms with Gasteiger partial charge in [0.1, 0.15) is 0 Å². The minimum absolute atomic E-state index is 0.0283. The molecule has 0 aliphatic carbocycles. The summed E-state index contributed by atoms with van der Waals surface area (Å²) >= 11 is 9.32. The fourth-order valence-electron chi connectivity index (χ4n) is 2.10. The van der Waals surface area contributed by atoms with Crippen molar-refractivity contribution in [2.75, 3.05) is 5.32 Å². The Morgan fingerprint density at radius 2 is 1.86 bits per heavy atom. The summed E-state index contributed by atoms with van der Waals surface area (Å²) < 4.78 is 1.07. The second kappa shape index (κ2) is 6.45. The number of nitro benzene ring substituents is 1. The molecule has 0 aromatic heterocycles. The lowest BCUT2D eigenvalue weighted by Crippen LogP contribution is -2.03. The number of nitrogens with zero attached hydrogens (tertiary/aromatic N) is 1. The molecule has 0 amide bonds. The zero-order valence-corrected chi connectivity index (χ0v) is 14.0. The summed E-state index contributed by atoms with van der Waals surface area (Å²) in [4.78, 5) is 10.6. The van der Waals surface area contributed by atoms with E-state index in [0.717, 1.165) is 21.3 Å². The third-order valence-electron chi connectivity index (χ3n) is 3.16. The first-order chi connectivity index (χ1) is 9.88. The van der Waals surface area contributed by atoms with Gasteiger partial charge in [0.15, 0.2) is 0 Å². The van der Waals surface area contributed by atoms with Crippen LogP contribution in [0, 0.1) is 24.0 Å². The molecule has 0 fully saturated rings. The van der Waals surface area contributed by atoms with Crippen molar-refractivity contribution in [2.24, 2.45) is 0 Å². The Bertz CT molecular complexity index is 681. The summed E-state index contributed by atoms with van der Waals surface area (Å²) in [6.45, 7) is 4.38. The van der Waals surface area contributed by atoms with Gasteiger partial charge in [0.2, 0.25) is 0 Å². The van der Waals surface area contributed by atoms with Crippen LogP contribution in [0.3, 0.4) is 0 Å². The van der Waals surface area contributed by atoms with E-state index in [1.54, 1.807) is 12.1 Å². The quantitative estimate of drug-likeness (QED) is 0.592. The van der Waals surface area contributed by atoms with Gasteiger partial charge in [-0.3, -0.25) is 10.1 Å². The summed E-state index contributed by atoms with van der Waals surface area (Å²) in [5.74, 6) is 0. The van der Waals surface area contributed by atoms with Crippen molar-refractivity contribution < 1.29 is 4.92 Å². The van der Waals surface area contributed by atoms with E-state index in [2.05, 4.69) is 21.2 Å². The van der Waals surface area contributed by atoms with Gasteiger partial charge in [-0.1, -0.05) is 27.5 Å². The molecule has 0 radical (unpaired) electrons. The number of nitrogens with one attached hydrogen (secondary N) is 1. The van der Waals surface area contributed by atoms with Crippen LogP contribution in [0.4, 0.5) is 11.4 Å². The number of aryl methyl sites for hydroxylation is 2. The Hall–Kier alpha value is -1.59. The Morgan fingerprint density at radius 1 is 1.24 bits per heavy atom. The first kappa shape index (κ1) is 15.8. The number of nitro groups is 1. The second-order valence-corrected chi connectivity index (χ2v) is 6.04. The lowest BCUT2D eigenvalue weighted by atomic mass is 10.1. The van der Waals surface area contributed by atoms with E-state index in [1.807, 2.05) is 26.0 Å². The van der Waals surface area contributed by atoms with E-state index in [9.17, 15) is 10.1 Å². The Kier molecular flexibility index (Phi) is 4.85. The van der Waals surface area contributed by atoms with E-state index >= 15 is 0 Å². The molecule has 1 N–H and O–H groups in total. The number of rotatable bonds is 4. The summed E-state index contributed by atoms with van der Waals surface area (Å²) in [5, 5.41) is 14.6. The SMILES string of the molecule is Cc1cc(NCc2ccc(Cl)cc2[N+](=O)[O-])cc(C)c1Br. The molecule has 110 valence electrons. The van der Waals surface area contributed by atoms with Gasteiger partial charge in [-0.05, 0) is 49.2 Å². The van der Waals surface area contributed by atoms with E-state index < -0.39 is 4.92 Å². The second-order valence-electron chi connectivity index (χ2n) is 4.81. The summed E-state index contributed by atoms with van der Waals surface area (Å²) in [7, 11) is 0. The predicted molar refractivity (Wildman–Crippen MR) is 89.0 cm³/mol. The molecule has 4 nitrogen and oxygen atoms in total. The van der Waals surface area contributed by atoms with Crippen molar-refractivity contribution in [1.82, 2.24) is 0 Å². The van der Waals surface area contributed by atoms with Crippen LogP contribution in [-0.2, 0) is 6.54 Å². The maximum absolute atomic E-state index is 11.1. The maximum atomic E-state index is 11.1. The largest absolute Gasteiger partial charge is 0.381 e. The highest BCUT2D eigenvalue weighted by Crippen LogP contribution is 2.27. The average molecular weight is 370 g/mol. The minimum Gasteiger partial charge on any atom is -0.381 e. The van der Waals surface area contributed by atoms with Gasteiger partial charge in [0, 0.05) is 33.4 Å². The van der Waals surface area contributed by atoms with E-state index in [0.29, 0.717) is 17.1 Å². The molecule has 2 rings (SSSR count). The van der Waals surface area contributed by atoms with Crippen LogP contribution in [-0.4, -0.2) is 4.92 Å². The van der Waals surface area contributed by atoms with E-state index in [-0.39, 0.29) is 5.69 Å². The number of anilines is 1. The average Bonchev–Trinajstić information content (AvgIpc) is 2.43. The molecule has 6 heteroatoms. The monoisotopic (exact) mass is 368 g/mol. The Balaban J connectivity index is 2.22. The van der Waals surface area contributed by atoms with Gasteiger partial charge in [0.25, 0.3) is 5.69 Å². The summed E-state index contributed by atoms with van der Waals surface area (Å²) in [6.07, 6.45) is 0. The van der Waals surface area contributed by atoms with Crippen molar-refractivity contribution in [1.29, 1.82) is 0 Å². The summed E-state index contributed by atoms with van der Waals surface area (Å²) in [5.41, 5.74) is 3.78. The summed E-state index contributed by atoms with van der Waals surface area (Å²) in [6, 6.07) is 8.70. The Morgan fingerprint density at radius 3 is 2.43 bits per heavy atom. The molecule has 2 aromatic carbocycles. The predicted octanol–water partition coefficient (Wildman–Crippen LogP) is 5.24.